The van der Waals surface area contributed by atoms with Gasteiger partial charge < -0.3 is 16.0 Å². The molecule has 0 bridgehead atoms. The topological polar surface area (TPSA) is 114 Å². The number of nitrogens with zero attached hydrogens (tertiary/aromatic N) is 2. The van der Waals surface area contributed by atoms with Crippen LogP contribution >= 0.6 is 0 Å². The summed E-state index contributed by atoms with van der Waals surface area (Å²) in [5.74, 6) is -0.861. The van der Waals surface area contributed by atoms with Crippen LogP contribution in [0.4, 0.5) is 0 Å². The van der Waals surface area contributed by atoms with E-state index in [1.807, 2.05) is 20.8 Å². The zero-order valence-corrected chi connectivity index (χ0v) is 17.2. The SMILES string of the molecule is CC(C)(C)C[C@H](NC(=O)CN1CCCC1)C(=O)N[C@H](C#N)C[C@@H]1CCNC1=O. The molecule has 0 aromatic heterocycles. The fourth-order valence-electron chi connectivity index (χ4n) is 3.78. The summed E-state index contributed by atoms with van der Waals surface area (Å²) >= 11 is 0. The van der Waals surface area contributed by atoms with E-state index in [2.05, 4.69) is 26.9 Å². The van der Waals surface area contributed by atoms with Crippen LogP contribution in [0, 0.1) is 22.7 Å². The summed E-state index contributed by atoms with van der Waals surface area (Å²) in [6, 6.07) is 0.621. The summed E-state index contributed by atoms with van der Waals surface area (Å²) in [4.78, 5) is 39.1. The van der Waals surface area contributed by atoms with E-state index in [4.69, 9.17) is 0 Å². The van der Waals surface area contributed by atoms with Crippen molar-refractivity contribution >= 4 is 17.7 Å². The molecule has 0 aromatic rings. The van der Waals surface area contributed by atoms with Crippen LogP contribution in [0.2, 0.25) is 0 Å². The maximum atomic E-state index is 12.8. The first-order valence-electron chi connectivity index (χ1n) is 10.2. The molecule has 3 atom stereocenters. The minimum atomic E-state index is -0.751. The highest BCUT2D eigenvalue weighted by Gasteiger charge is 2.31. The first-order chi connectivity index (χ1) is 13.2. The van der Waals surface area contributed by atoms with Gasteiger partial charge in [-0.25, -0.2) is 0 Å². The quantitative estimate of drug-likeness (QED) is 0.559. The maximum Gasteiger partial charge on any atom is 0.243 e. The summed E-state index contributed by atoms with van der Waals surface area (Å²) in [7, 11) is 0. The molecule has 2 heterocycles. The second-order valence-corrected chi connectivity index (χ2v) is 9.07. The molecule has 0 aliphatic carbocycles. The summed E-state index contributed by atoms with van der Waals surface area (Å²) in [6.45, 7) is 8.72. The molecule has 2 rings (SSSR count). The smallest absolute Gasteiger partial charge is 0.243 e. The number of hydrogen-bond donors (Lipinski definition) is 3. The number of nitriles is 1. The monoisotopic (exact) mass is 391 g/mol. The van der Waals surface area contributed by atoms with E-state index in [1.54, 1.807) is 0 Å². The van der Waals surface area contributed by atoms with Crippen LogP contribution in [-0.2, 0) is 14.4 Å². The number of carbonyl (C=O) groups is 3. The van der Waals surface area contributed by atoms with Gasteiger partial charge in [-0.1, -0.05) is 20.8 Å². The van der Waals surface area contributed by atoms with E-state index in [0.717, 1.165) is 25.9 Å². The Hall–Kier alpha value is -2.14. The van der Waals surface area contributed by atoms with Crippen molar-refractivity contribution in [3.8, 4) is 6.07 Å². The molecule has 0 aromatic carbocycles. The number of hydrogen-bond acceptors (Lipinski definition) is 5. The lowest BCUT2D eigenvalue weighted by atomic mass is 9.87. The van der Waals surface area contributed by atoms with E-state index in [-0.39, 0.29) is 42.0 Å². The number of likely N-dealkylation sites (tertiary alicyclic amines) is 1. The van der Waals surface area contributed by atoms with Crippen LogP contribution in [0.25, 0.3) is 0 Å². The first-order valence-corrected chi connectivity index (χ1v) is 10.2. The molecule has 0 saturated carbocycles. The average molecular weight is 392 g/mol. The maximum absolute atomic E-state index is 12.8. The Labute approximate surface area is 167 Å². The standard InChI is InChI=1S/C20H33N5O3/c1-20(2,3)11-16(24-17(26)13-25-8-4-5-9-25)19(28)23-15(12-21)10-14-6-7-22-18(14)27/h14-16H,4-11,13H2,1-3H3,(H,22,27)(H,23,28)(H,24,26)/t14-,15-,16-/m0/s1. The van der Waals surface area contributed by atoms with Gasteiger partial charge in [-0.15, -0.1) is 0 Å². The zero-order chi connectivity index (χ0) is 20.7. The normalized spacial score (nSPS) is 22.2. The fraction of sp³-hybridized carbons (Fsp3) is 0.800. The molecule has 0 spiro atoms. The zero-order valence-electron chi connectivity index (χ0n) is 17.2. The van der Waals surface area contributed by atoms with Gasteiger partial charge in [-0.2, -0.15) is 5.26 Å². The van der Waals surface area contributed by atoms with Gasteiger partial charge in [0.2, 0.25) is 17.7 Å². The largest absolute Gasteiger partial charge is 0.356 e. The number of amides is 3. The van der Waals surface area contributed by atoms with E-state index < -0.39 is 12.1 Å². The van der Waals surface area contributed by atoms with E-state index in [0.29, 0.717) is 19.4 Å². The van der Waals surface area contributed by atoms with Gasteiger partial charge in [0.1, 0.15) is 12.1 Å². The van der Waals surface area contributed by atoms with Crippen molar-refractivity contribution in [2.75, 3.05) is 26.2 Å². The van der Waals surface area contributed by atoms with Crippen molar-refractivity contribution in [3.63, 3.8) is 0 Å². The lowest BCUT2D eigenvalue weighted by Gasteiger charge is -2.28. The molecule has 156 valence electrons. The second-order valence-electron chi connectivity index (χ2n) is 9.07. The third-order valence-corrected chi connectivity index (χ3v) is 5.19. The van der Waals surface area contributed by atoms with E-state index in [9.17, 15) is 19.6 Å². The molecule has 28 heavy (non-hydrogen) atoms. The Morgan fingerprint density at radius 2 is 1.96 bits per heavy atom. The molecule has 3 amide bonds. The van der Waals surface area contributed by atoms with Crippen molar-refractivity contribution in [3.05, 3.63) is 0 Å². The molecule has 2 fully saturated rings. The van der Waals surface area contributed by atoms with Gasteiger partial charge in [-0.3, -0.25) is 19.3 Å². The highest BCUT2D eigenvalue weighted by molar-refractivity contribution is 5.88. The summed E-state index contributed by atoms with van der Waals surface area (Å²) in [5.41, 5.74) is -0.170. The fourth-order valence-corrected chi connectivity index (χ4v) is 3.78. The number of rotatable bonds is 8. The van der Waals surface area contributed by atoms with Crippen LogP contribution in [0.15, 0.2) is 0 Å². The number of carbonyl (C=O) groups excluding carboxylic acids is 3. The number of nitrogens with one attached hydrogen (secondary N) is 3. The second kappa shape index (κ2) is 9.87. The highest BCUT2D eigenvalue weighted by atomic mass is 16.2. The van der Waals surface area contributed by atoms with Gasteiger partial charge >= 0.3 is 0 Å². The Bertz CT molecular complexity index is 616. The van der Waals surface area contributed by atoms with E-state index in [1.165, 1.54) is 0 Å². The Balaban J connectivity index is 1.95. The van der Waals surface area contributed by atoms with Crippen LogP contribution in [0.1, 0.15) is 52.9 Å². The molecule has 8 nitrogen and oxygen atoms in total. The molecule has 3 N–H and O–H groups in total. The van der Waals surface area contributed by atoms with Crippen LogP contribution in [-0.4, -0.2) is 60.9 Å². The summed E-state index contributed by atoms with van der Waals surface area (Å²) in [5, 5.41) is 17.7. The minimum Gasteiger partial charge on any atom is -0.356 e. The van der Waals surface area contributed by atoms with Gasteiger partial charge in [0.15, 0.2) is 0 Å². The Kier molecular flexibility index (Phi) is 7.81. The lowest BCUT2D eigenvalue weighted by molar-refractivity contribution is -0.130. The van der Waals surface area contributed by atoms with Crippen molar-refractivity contribution in [1.29, 1.82) is 5.26 Å². The van der Waals surface area contributed by atoms with E-state index >= 15 is 0 Å². The van der Waals surface area contributed by atoms with Crippen molar-refractivity contribution in [2.45, 2.75) is 65.0 Å². The van der Waals surface area contributed by atoms with Crippen molar-refractivity contribution < 1.29 is 14.4 Å². The molecule has 8 heteroatoms. The molecular formula is C20H33N5O3. The van der Waals surface area contributed by atoms with Crippen molar-refractivity contribution in [1.82, 2.24) is 20.9 Å². The third kappa shape index (κ3) is 7.12. The average Bonchev–Trinajstić information content (AvgIpc) is 3.24. The van der Waals surface area contributed by atoms with Crippen LogP contribution < -0.4 is 16.0 Å². The predicted octanol–water partition coefficient (Wildman–Crippen LogP) is 0.538. The highest BCUT2D eigenvalue weighted by Crippen LogP contribution is 2.22. The van der Waals surface area contributed by atoms with Gasteiger partial charge in [0, 0.05) is 12.5 Å². The Morgan fingerprint density at radius 3 is 2.50 bits per heavy atom. The molecule has 0 unspecified atom stereocenters. The Morgan fingerprint density at radius 1 is 1.29 bits per heavy atom. The summed E-state index contributed by atoms with van der Waals surface area (Å²) < 4.78 is 0. The minimum absolute atomic E-state index is 0.0698. The summed E-state index contributed by atoms with van der Waals surface area (Å²) in [6.07, 6.45) is 3.62. The van der Waals surface area contributed by atoms with Crippen LogP contribution in [0.5, 0.6) is 0 Å². The molecule has 2 aliphatic rings. The molecular weight excluding hydrogens is 358 g/mol. The molecule has 2 saturated heterocycles. The molecule has 0 radical (unpaired) electrons. The van der Waals surface area contributed by atoms with Crippen molar-refractivity contribution in [2.24, 2.45) is 11.3 Å². The van der Waals surface area contributed by atoms with Gasteiger partial charge in [0.05, 0.1) is 12.6 Å². The lowest BCUT2D eigenvalue weighted by Crippen LogP contribution is -2.52. The van der Waals surface area contributed by atoms with Gasteiger partial charge in [-0.05, 0) is 50.6 Å². The molecule has 2 aliphatic heterocycles. The van der Waals surface area contributed by atoms with Crippen LogP contribution in [0.3, 0.4) is 0 Å². The third-order valence-electron chi connectivity index (χ3n) is 5.19. The first kappa shape index (κ1) is 22.2. The predicted molar refractivity (Wildman–Crippen MR) is 105 cm³/mol. The van der Waals surface area contributed by atoms with Gasteiger partial charge in [0.25, 0.3) is 0 Å².